The van der Waals surface area contributed by atoms with Gasteiger partial charge < -0.3 is 38.6 Å². The Morgan fingerprint density at radius 3 is 2.53 bits per heavy atom. The van der Waals surface area contributed by atoms with E-state index in [9.17, 15) is 14.7 Å². The Morgan fingerprint density at radius 2 is 1.77 bits per heavy atom. The number of hydrogen-bond acceptors (Lipinski definition) is 7. The number of nitrogens with zero attached hydrogens (tertiary/aromatic N) is 2. The van der Waals surface area contributed by atoms with Gasteiger partial charge in [-0.25, -0.2) is 4.79 Å². The molecule has 2 aliphatic rings. The van der Waals surface area contributed by atoms with Crippen molar-refractivity contribution in [1.29, 1.82) is 0 Å². The van der Waals surface area contributed by atoms with E-state index in [4.69, 9.17) is 23.7 Å². The summed E-state index contributed by atoms with van der Waals surface area (Å²) in [5.41, 5.74) is 5.15. The van der Waals surface area contributed by atoms with Crippen molar-refractivity contribution in [3.8, 4) is 17.2 Å². The van der Waals surface area contributed by atoms with Crippen LogP contribution in [0.5, 0.6) is 17.2 Å². The second-order valence-electron chi connectivity index (χ2n) is 12.1. The number of amides is 2. The number of para-hydroxylation sites is 1. The van der Waals surface area contributed by atoms with Crippen LogP contribution in [0.15, 0.2) is 60.7 Å². The number of aryl methyl sites for hydroxylation is 2. The number of fused-ring (bicyclic) bond motifs is 1. The van der Waals surface area contributed by atoms with Crippen LogP contribution in [0, 0.1) is 6.92 Å². The zero-order valence-corrected chi connectivity index (χ0v) is 27.6. The molecule has 252 valence electrons. The van der Waals surface area contributed by atoms with E-state index in [0.717, 1.165) is 58.0 Å². The molecule has 2 unspecified atom stereocenters. The molecule has 10 nitrogen and oxygen atoms in total. The van der Waals surface area contributed by atoms with Gasteiger partial charge in [0, 0.05) is 51.3 Å². The molecule has 0 spiro atoms. The summed E-state index contributed by atoms with van der Waals surface area (Å²) >= 11 is 0. The standard InChI is InChI=1S/C37H46N2O8/c1-26-7-4-8-33(44-3)36(26)46-22-6-21-45-30-14-11-28(12-15-30)31-17-19-38(37(41)42)24-34(31)47-25-27-9-10-29-13-16-35(40)39(32(29)23-27)18-5-20-43-2/h4,7-12,14-15,23,31,34H,5-6,13,16-22,24-25H2,1-3H3,(H,41,42). The number of methoxy groups -OCH3 is 2. The maximum atomic E-state index is 12.7. The number of carboxylic acid groups (broad SMARTS) is 1. The monoisotopic (exact) mass is 646 g/mol. The van der Waals surface area contributed by atoms with Crippen molar-refractivity contribution in [2.45, 2.75) is 57.7 Å². The first-order chi connectivity index (χ1) is 22.9. The van der Waals surface area contributed by atoms with E-state index in [1.165, 1.54) is 4.90 Å². The quantitative estimate of drug-likeness (QED) is 0.194. The molecule has 3 aromatic carbocycles. The number of rotatable bonds is 15. The smallest absolute Gasteiger partial charge is 0.407 e. The van der Waals surface area contributed by atoms with Crippen LogP contribution in [0.1, 0.15) is 53.9 Å². The second kappa shape index (κ2) is 16.5. The number of anilines is 1. The van der Waals surface area contributed by atoms with Crippen LogP contribution in [-0.2, 0) is 27.3 Å². The highest BCUT2D eigenvalue weighted by molar-refractivity contribution is 5.96. The van der Waals surface area contributed by atoms with Gasteiger partial charge in [0.15, 0.2) is 11.5 Å². The molecular weight excluding hydrogens is 600 g/mol. The largest absolute Gasteiger partial charge is 0.493 e. The third kappa shape index (κ3) is 8.75. The second-order valence-corrected chi connectivity index (χ2v) is 12.1. The van der Waals surface area contributed by atoms with E-state index in [1.54, 1.807) is 14.2 Å². The number of benzene rings is 3. The average Bonchev–Trinajstić information content (AvgIpc) is 3.09. The van der Waals surface area contributed by atoms with Gasteiger partial charge in [-0.1, -0.05) is 36.4 Å². The lowest BCUT2D eigenvalue weighted by atomic mass is 9.87. The number of carbonyl (C=O) groups excluding carboxylic acids is 1. The minimum absolute atomic E-state index is 0.0295. The summed E-state index contributed by atoms with van der Waals surface area (Å²) in [7, 11) is 3.30. The SMILES string of the molecule is COCCCN1C(=O)CCc2ccc(COC3CN(C(=O)O)CCC3c3ccc(OCCCOc4c(C)cccc4OC)cc3)cc21. The molecule has 3 aromatic rings. The maximum absolute atomic E-state index is 12.7. The molecule has 0 aliphatic carbocycles. The summed E-state index contributed by atoms with van der Waals surface area (Å²) in [5, 5.41) is 9.73. The Labute approximate surface area is 277 Å². The number of carbonyl (C=O) groups is 2. The van der Waals surface area contributed by atoms with Gasteiger partial charge in [-0.05, 0) is 72.7 Å². The molecule has 2 atom stereocenters. The van der Waals surface area contributed by atoms with Crippen molar-refractivity contribution in [2.75, 3.05) is 58.6 Å². The Morgan fingerprint density at radius 1 is 0.957 bits per heavy atom. The first-order valence-electron chi connectivity index (χ1n) is 16.4. The van der Waals surface area contributed by atoms with Crippen molar-refractivity contribution >= 4 is 17.7 Å². The summed E-state index contributed by atoms with van der Waals surface area (Å²) < 4.78 is 29.0. The summed E-state index contributed by atoms with van der Waals surface area (Å²) in [5.74, 6) is 2.40. The highest BCUT2D eigenvalue weighted by atomic mass is 16.5. The van der Waals surface area contributed by atoms with Crippen LogP contribution in [0.2, 0.25) is 0 Å². The lowest BCUT2D eigenvalue weighted by Gasteiger charge is -2.37. The van der Waals surface area contributed by atoms with Crippen molar-refractivity contribution in [2.24, 2.45) is 0 Å². The molecule has 47 heavy (non-hydrogen) atoms. The third-order valence-electron chi connectivity index (χ3n) is 8.88. The molecule has 2 aliphatic heterocycles. The maximum Gasteiger partial charge on any atom is 0.407 e. The summed E-state index contributed by atoms with van der Waals surface area (Å²) in [4.78, 5) is 27.9. The molecule has 0 aromatic heterocycles. The zero-order chi connectivity index (χ0) is 33.2. The fourth-order valence-corrected chi connectivity index (χ4v) is 6.33. The van der Waals surface area contributed by atoms with Crippen LogP contribution in [0.25, 0.3) is 0 Å². The predicted molar refractivity (Wildman–Crippen MR) is 179 cm³/mol. The highest BCUT2D eigenvalue weighted by Gasteiger charge is 2.33. The normalized spacial score (nSPS) is 17.7. The van der Waals surface area contributed by atoms with E-state index >= 15 is 0 Å². The van der Waals surface area contributed by atoms with Gasteiger partial charge in [-0.3, -0.25) is 4.79 Å². The lowest BCUT2D eigenvalue weighted by molar-refractivity contribution is -0.118. The van der Waals surface area contributed by atoms with Crippen LogP contribution >= 0.6 is 0 Å². The summed E-state index contributed by atoms with van der Waals surface area (Å²) in [6, 6.07) is 20.0. The Kier molecular flexibility index (Phi) is 12.0. The first kappa shape index (κ1) is 34.1. The van der Waals surface area contributed by atoms with Crippen LogP contribution in [0.4, 0.5) is 10.5 Å². The van der Waals surface area contributed by atoms with Crippen LogP contribution < -0.4 is 19.1 Å². The van der Waals surface area contributed by atoms with E-state index in [0.29, 0.717) is 58.8 Å². The molecule has 5 rings (SSSR count). The Hall–Kier alpha value is -4.28. The molecule has 1 saturated heterocycles. The third-order valence-corrected chi connectivity index (χ3v) is 8.88. The molecular formula is C37H46N2O8. The minimum atomic E-state index is -0.940. The Bertz CT molecular complexity index is 1490. The minimum Gasteiger partial charge on any atom is -0.493 e. The van der Waals surface area contributed by atoms with Crippen molar-refractivity contribution < 1.29 is 38.4 Å². The lowest BCUT2D eigenvalue weighted by Crippen LogP contribution is -2.46. The van der Waals surface area contributed by atoms with Crippen molar-refractivity contribution in [3.63, 3.8) is 0 Å². The van der Waals surface area contributed by atoms with Gasteiger partial charge in [0.1, 0.15) is 5.75 Å². The van der Waals surface area contributed by atoms with Crippen LogP contribution in [0.3, 0.4) is 0 Å². The number of hydrogen-bond donors (Lipinski definition) is 1. The van der Waals surface area contributed by atoms with Gasteiger partial charge in [-0.2, -0.15) is 0 Å². The first-order valence-corrected chi connectivity index (χ1v) is 16.4. The molecule has 1 N–H and O–H groups in total. The molecule has 0 saturated carbocycles. The molecule has 0 radical (unpaired) electrons. The van der Waals surface area contributed by atoms with Gasteiger partial charge in [-0.15, -0.1) is 0 Å². The zero-order valence-electron chi connectivity index (χ0n) is 27.6. The highest BCUT2D eigenvalue weighted by Crippen LogP contribution is 2.34. The van der Waals surface area contributed by atoms with E-state index in [-0.39, 0.29) is 24.5 Å². The van der Waals surface area contributed by atoms with Gasteiger partial charge in [0.25, 0.3) is 0 Å². The predicted octanol–water partition coefficient (Wildman–Crippen LogP) is 6.22. The van der Waals surface area contributed by atoms with Gasteiger partial charge in [0.05, 0.1) is 39.6 Å². The molecule has 10 heteroatoms. The topological polar surface area (TPSA) is 107 Å². The van der Waals surface area contributed by atoms with Crippen molar-refractivity contribution in [1.82, 2.24) is 4.90 Å². The van der Waals surface area contributed by atoms with Crippen molar-refractivity contribution in [3.05, 3.63) is 82.9 Å². The van der Waals surface area contributed by atoms with Crippen LogP contribution in [-0.4, -0.2) is 81.8 Å². The average molecular weight is 647 g/mol. The fourth-order valence-electron chi connectivity index (χ4n) is 6.33. The Balaban J connectivity index is 1.18. The summed E-state index contributed by atoms with van der Waals surface area (Å²) in [6.07, 6.45) is 2.10. The molecule has 2 amide bonds. The molecule has 2 heterocycles. The fraction of sp³-hybridized carbons (Fsp3) is 0.459. The van der Waals surface area contributed by atoms with E-state index in [2.05, 4.69) is 6.07 Å². The number of ether oxygens (including phenoxy) is 5. The van der Waals surface area contributed by atoms with Gasteiger partial charge in [0.2, 0.25) is 5.91 Å². The van der Waals surface area contributed by atoms with E-state index in [1.807, 2.05) is 66.4 Å². The molecule has 0 bridgehead atoms. The number of likely N-dealkylation sites (tertiary alicyclic amines) is 1. The summed E-state index contributed by atoms with van der Waals surface area (Å²) in [6.45, 7) is 5.26. The molecule has 1 fully saturated rings. The number of piperidine rings is 1. The van der Waals surface area contributed by atoms with E-state index < -0.39 is 6.09 Å². The van der Waals surface area contributed by atoms with Gasteiger partial charge >= 0.3 is 6.09 Å².